The van der Waals surface area contributed by atoms with Gasteiger partial charge in [0, 0.05) is 41.9 Å². The van der Waals surface area contributed by atoms with Crippen LogP contribution in [0.3, 0.4) is 0 Å². The number of β-lactam (4-membered cyclic amide) rings is 1. The summed E-state index contributed by atoms with van der Waals surface area (Å²) in [6.07, 6.45) is 0.932. The molecule has 0 spiro atoms. The second-order valence-corrected chi connectivity index (χ2v) is 13.2. The van der Waals surface area contributed by atoms with Crippen molar-refractivity contribution in [3.63, 3.8) is 0 Å². The molecule has 2 aromatic rings. The van der Waals surface area contributed by atoms with Crippen LogP contribution < -0.4 is 85.0 Å². The largest absolute Gasteiger partial charge is 1.00 e. The van der Waals surface area contributed by atoms with Gasteiger partial charge >= 0.3 is 65.2 Å². The van der Waals surface area contributed by atoms with Gasteiger partial charge in [-0.25, -0.2) is 13.6 Å². The molecule has 0 radical (unpaired) electrons. The summed E-state index contributed by atoms with van der Waals surface area (Å²) >= 11 is 1.12. The first-order valence-corrected chi connectivity index (χ1v) is 15.9. The number of aromatic carboxylic acids is 1. The first kappa shape index (κ1) is 38.6. The smallest absolute Gasteiger partial charge is 0.545 e. The van der Waals surface area contributed by atoms with Gasteiger partial charge in [0.05, 0.1) is 58.2 Å². The molecule has 13 nitrogen and oxygen atoms in total. The molecule has 1 aliphatic carbocycles. The fraction of sp³-hybridized carbons (Fsp3) is 0.500. The Kier molecular flexibility index (Phi) is 12.0. The predicted octanol–water partition coefficient (Wildman–Crippen LogP) is -6.16. The van der Waals surface area contributed by atoms with Crippen LogP contribution in [0.5, 0.6) is 0 Å². The zero-order valence-electron chi connectivity index (χ0n) is 26.8. The fourth-order valence-electron chi connectivity index (χ4n) is 6.79. The molecule has 1 aromatic heterocycles. The van der Waals surface area contributed by atoms with Crippen molar-refractivity contribution in [3.8, 4) is 0 Å². The molecule has 1 unspecified atom stereocenters. The van der Waals surface area contributed by atoms with Crippen molar-refractivity contribution in [3.05, 3.63) is 50.3 Å². The van der Waals surface area contributed by atoms with Gasteiger partial charge in [0.1, 0.15) is 18.1 Å². The Morgan fingerprint density at radius 2 is 1.83 bits per heavy atom. The van der Waals surface area contributed by atoms with E-state index in [9.17, 15) is 39.3 Å². The molecule has 6 rings (SSSR count). The Morgan fingerprint density at radius 1 is 1.15 bits per heavy atom. The second-order valence-electron chi connectivity index (χ2n) is 12.0. The molecule has 2 amide bonds. The van der Waals surface area contributed by atoms with E-state index in [2.05, 4.69) is 5.32 Å². The number of aromatic nitrogens is 1. The van der Waals surface area contributed by atoms with Crippen LogP contribution in [0.4, 0.5) is 19.3 Å². The van der Waals surface area contributed by atoms with Gasteiger partial charge in [0.2, 0.25) is 5.91 Å². The molecule has 18 heteroatoms. The molecule has 1 aromatic carbocycles. The first-order valence-electron chi connectivity index (χ1n) is 14.9. The summed E-state index contributed by atoms with van der Waals surface area (Å²) in [6.45, 7) is 3.33. The van der Waals surface area contributed by atoms with Gasteiger partial charge in [-0.2, -0.15) is 0 Å². The topological polar surface area (TPSA) is 184 Å². The number of hydrogen-bond donors (Lipinski definition) is 2. The molecule has 3 aliphatic heterocycles. The van der Waals surface area contributed by atoms with E-state index in [1.165, 1.54) is 16.4 Å². The number of ether oxygens (including phenoxy) is 1. The van der Waals surface area contributed by atoms with E-state index >= 15 is 8.78 Å². The number of pyridine rings is 1. The number of hydrogen-bond acceptors (Lipinski definition) is 11. The number of aliphatic hydroxyl groups is 1. The van der Waals surface area contributed by atoms with E-state index in [1.807, 2.05) is 0 Å². The van der Waals surface area contributed by atoms with Crippen molar-refractivity contribution in [1.29, 1.82) is 0 Å². The molecule has 4 aliphatic rings. The van der Waals surface area contributed by atoms with E-state index in [1.54, 1.807) is 6.92 Å². The molecule has 246 valence electrons. The van der Waals surface area contributed by atoms with Crippen molar-refractivity contribution in [2.24, 2.45) is 11.8 Å². The number of aliphatic hydroxyl groups excluding tert-OH is 1. The van der Waals surface area contributed by atoms with Gasteiger partial charge in [0.15, 0.2) is 11.2 Å². The van der Waals surface area contributed by atoms with Gasteiger partial charge in [-0.1, -0.05) is 6.92 Å². The Bertz CT molecular complexity index is 1770. The van der Waals surface area contributed by atoms with Crippen molar-refractivity contribution in [2.45, 2.75) is 57.3 Å². The van der Waals surface area contributed by atoms with E-state index in [-0.39, 0.29) is 113 Å². The normalized spacial score (nSPS) is 23.6. The molecule has 4 heterocycles. The van der Waals surface area contributed by atoms with Crippen LogP contribution in [0, 0.1) is 23.5 Å². The van der Waals surface area contributed by atoms with E-state index < -0.39 is 76.1 Å². The molecule has 2 saturated heterocycles. The van der Waals surface area contributed by atoms with Crippen LogP contribution in [-0.4, -0.2) is 82.1 Å². The number of rotatable bonds is 10. The van der Waals surface area contributed by atoms with Crippen molar-refractivity contribution in [1.82, 2.24) is 14.8 Å². The Labute approximate surface area is 321 Å². The molecular weight excluding hydrogens is 676 g/mol. The number of nitrogens with zero attached hydrogens (tertiary/aromatic N) is 3. The minimum atomic E-state index is -1.73. The molecule has 48 heavy (non-hydrogen) atoms. The average Bonchev–Trinajstić information content (AvgIpc) is 3.67. The third-order valence-electron chi connectivity index (χ3n) is 9.05. The van der Waals surface area contributed by atoms with Gasteiger partial charge in [0.25, 0.3) is 0 Å². The third kappa shape index (κ3) is 6.78. The van der Waals surface area contributed by atoms with Gasteiger partial charge in [-0.3, -0.25) is 9.59 Å². The molecule has 3 fully saturated rings. The van der Waals surface area contributed by atoms with Crippen molar-refractivity contribution >= 4 is 52.3 Å². The molecule has 1 saturated carbocycles. The Morgan fingerprint density at radius 3 is 2.44 bits per heavy atom. The summed E-state index contributed by atoms with van der Waals surface area (Å²) in [6, 6.07) is -0.416. The SMILES string of the molecule is C[C@@H]1C(SCCOC(=O)NC2CCN(c3c(F)cc4c(=O)c(C(=O)[O-])cn(C5CC5)c4c3F)C2)=C(C(=O)[O-])N2C(=O)[C@@H]([C@@H](C)O)[C@H]12.[Na+].[Na+]. The van der Waals surface area contributed by atoms with Crippen molar-refractivity contribution < 1.29 is 107 Å². The molecule has 2 N–H and O–H groups in total. The number of fused-ring (bicyclic) bond motifs is 2. The number of alkyl carbamates (subject to hydrolysis) is 1. The summed E-state index contributed by atoms with van der Waals surface area (Å²) in [5, 5.41) is 35.5. The third-order valence-corrected chi connectivity index (χ3v) is 10.3. The predicted molar refractivity (Wildman–Crippen MR) is 155 cm³/mol. The number of carboxylic acids is 2. The number of halogens is 2. The van der Waals surface area contributed by atoms with Gasteiger partial charge < -0.3 is 49.3 Å². The Balaban J connectivity index is 0.00000260. The maximum absolute atomic E-state index is 15.9. The van der Waals surface area contributed by atoms with Crippen LogP contribution in [0.15, 0.2) is 27.7 Å². The zero-order valence-corrected chi connectivity index (χ0v) is 31.6. The van der Waals surface area contributed by atoms with Crippen LogP contribution in [-0.2, 0) is 14.3 Å². The molecule has 0 bridgehead atoms. The number of nitrogens with one attached hydrogen (secondary N) is 1. The number of aliphatic carboxylic acids is 1. The van der Waals surface area contributed by atoms with E-state index in [4.69, 9.17) is 4.74 Å². The fourth-order valence-corrected chi connectivity index (χ4v) is 7.90. The number of thioether (sulfide) groups is 1. The average molecular weight is 707 g/mol. The summed E-state index contributed by atoms with van der Waals surface area (Å²) < 4.78 is 37.8. The Hall–Kier alpha value is -2.18. The summed E-state index contributed by atoms with van der Waals surface area (Å²) in [7, 11) is 0. The first-order chi connectivity index (χ1) is 21.8. The van der Waals surface area contributed by atoms with E-state index in [0.717, 1.165) is 28.9 Å². The second kappa shape index (κ2) is 15.0. The summed E-state index contributed by atoms with van der Waals surface area (Å²) in [5.41, 5.74) is -2.52. The van der Waals surface area contributed by atoms with Crippen LogP contribution >= 0.6 is 11.8 Å². The number of amides is 2. The number of carbonyl (C=O) groups excluding carboxylic acids is 4. The minimum absolute atomic E-state index is 0. The number of carbonyl (C=O) groups is 4. The maximum atomic E-state index is 15.9. The summed E-state index contributed by atoms with van der Waals surface area (Å²) in [5.74, 6) is -6.66. The van der Waals surface area contributed by atoms with E-state index in [0.29, 0.717) is 24.2 Å². The standard InChI is InChI=1S/C30H32F2N4O9S.2Na/c1-12-21-19(13(2)37)27(39)36(21)24(29(42)43)26(12)46-8-7-45-30(44)33-14-5-6-34(10-14)23-18(31)9-16-22(20(23)32)35(15-3-4-15)11-17(25(16)38)28(40)41;;/h9,11-15,19,21,37H,3-8,10H2,1-2H3,(H,33,44)(H,40,41)(H,42,43);;/q;2*+1/p-2/t12-,13+,14?,19-,21-;;/m0../s1. The quantitative estimate of drug-likeness (QED) is 0.136. The molecule has 5 atom stereocenters. The van der Waals surface area contributed by atoms with Gasteiger partial charge in [-0.05, 0) is 32.3 Å². The minimum Gasteiger partial charge on any atom is -0.545 e. The monoisotopic (exact) mass is 706 g/mol. The maximum Gasteiger partial charge on any atom is 1.00 e. The van der Waals surface area contributed by atoms with Crippen LogP contribution in [0.2, 0.25) is 0 Å². The zero-order chi connectivity index (χ0) is 33.2. The summed E-state index contributed by atoms with van der Waals surface area (Å²) in [4.78, 5) is 63.9. The van der Waals surface area contributed by atoms with Crippen molar-refractivity contribution in [2.75, 3.05) is 30.3 Å². The van der Waals surface area contributed by atoms with Crippen LogP contribution in [0.25, 0.3) is 10.9 Å². The molecular formula is C30H30F2N4Na2O9S. The van der Waals surface area contributed by atoms with Gasteiger partial charge in [-0.15, -0.1) is 11.8 Å². The number of benzene rings is 1. The number of anilines is 1. The van der Waals surface area contributed by atoms with Crippen LogP contribution in [0.1, 0.15) is 49.5 Å². The number of carboxylic acid groups (broad SMARTS) is 2.